The highest BCUT2D eigenvalue weighted by atomic mass is 35.5. The Morgan fingerprint density at radius 1 is 1.21 bits per heavy atom. The Balaban J connectivity index is 2.39. The lowest BCUT2D eigenvalue weighted by molar-refractivity contribution is 0.255. The molecule has 1 nitrogen and oxygen atoms in total. The van der Waals surface area contributed by atoms with Crippen LogP contribution in [0.25, 0.3) is 0 Å². The van der Waals surface area contributed by atoms with Crippen molar-refractivity contribution in [1.29, 1.82) is 0 Å². The first-order valence-corrected chi connectivity index (χ1v) is 6.67. The molecule has 0 aliphatic heterocycles. The van der Waals surface area contributed by atoms with Gasteiger partial charge in [0.25, 0.3) is 0 Å². The zero-order chi connectivity index (χ0) is 10.4. The van der Waals surface area contributed by atoms with Crippen LogP contribution in [0.2, 0.25) is 0 Å². The summed E-state index contributed by atoms with van der Waals surface area (Å²) in [6.07, 6.45) is 7.88. The van der Waals surface area contributed by atoms with Crippen molar-refractivity contribution in [3.63, 3.8) is 0 Å². The van der Waals surface area contributed by atoms with Crippen molar-refractivity contribution in [2.75, 3.05) is 5.88 Å². The molecule has 1 aliphatic carbocycles. The molecule has 1 aliphatic rings. The average Bonchev–Trinajstić information content (AvgIpc) is 2.26. The number of nitrogens with one attached hydrogen (secondary N) is 1. The van der Waals surface area contributed by atoms with Gasteiger partial charge < -0.3 is 5.32 Å². The van der Waals surface area contributed by atoms with Gasteiger partial charge in [-0.2, -0.15) is 0 Å². The number of alkyl halides is 1. The van der Waals surface area contributed by atoms with E-state index in [1.807, 2.05) is 0 Å². The Labute approximate surface area is 93.6 Å². The van der Waals surface area contributed by atoms with Crippen LogP contribution in [0.4, 0.5) is 0 Å². The minimum Gasteiger partial charge on any atom is -0.311 e. The maximum Gasteiger partial charge on any atom is 0.0266 e. The average molecular weight is 218 g/mol. The molecule has 0 aromatic heterocycles. The topological polar surface area (TPSA) is 12.0 Å². The molecule has 1 saturated carbocycles. The second kappa shape index (κ2) is 6.68. The van der Waals surface area contributed by atoms with Gasteiger partial charge in [-0.05, 0) is 31.6 Å². The molecule has 84 valence electrons. The molecule has 2 heteroatoms. The van der Waals surface area contributed by atoms with Gasteiger partial charge in [0.1, 0.15) is 0 Å². The standard InChI is InChI=1S/C12H24ClN/c1-3-11(4-2)14-12-8-6-5-7-10(12)9-13/h10-12,14H,3-9H2,1-2H3. The summed E-state index contributed by atoms with van der Waals surface area (Å²) >= 11 is 6.00. The number of rotatable bonds is 5. The van der Waals surface area contributed by atoms with Crippen LogP contribution in [0, 0.1) is 5.92 Å². The van der Waals surface area contributed by atoms with Crippen molar-refractivity contribution >= 4 is 11.6 Å². The van der Waals surface area contributed by atoms with Crippen molar-refractivity contribution in [1.82, 2.24) is 5.32 Å². The van der Waals surface area contributed by atoms with Crippen LogP contribution in [0.1, 0.15) is 52.4 Å². The van der Waals surface area contributed by atoms with E-state index in [0.717, 1.165) is 5.88 Å². The van der Waals surface area contributed by atoms with E-state index in [4.69, 9.17) is 11.6 Å². The van der Waals surface area contributed by atoms with Gasteiger partial charge in [-0.1, -0.05) is 26.7 Å². The smallest absolute Gasteiger partial charge is 0.0266 e. The molecule has 0 radical (unpaired) electrons. The van der Waals surface area contributed by atoms with Crippen LogP contribution in [0.3, 0.4) is 0 Å². The molecule has 0 aromatic carbocycles. The molecule has 2 unspecified atom stereocenters. The lowest BCUT2D eigenvalue weighted by Gasteiger charge is -2.33. The van der Waals surface area contributed by atoms with Gasteiger partial charge >= 0.3 is 0 Å². The lowest BCUT2D eigenvalue weighted by atomic mass is 9.85. The van der Waals surface area contributed by atoms with Crippen molar-refractivity contribution in [3.8, 4) is 0 Å². The molecular weight excluding hydrogens is 194 g/mol. The van der Waals surface area contributed by atoms with Crippen LogP contribution in [-0.2, 0) is 0 Å². The van der Waals surface area contributed by atoms with Crippen molar-refractivity contribution < 1.29 is 0 Å². The van der Waals surface area contributed by atoms with Crippen molar-refractivity contribution in [2.45, 2.75) is 64.5 Å². The summed E-state index contributed by atoms with van der Waals surface area (Å²) in [6, 6.07) is 1.38. The van der Waals surface area contributed by atoms with E-state index in [9.17, 15) is 0 Å². The van der Waals surface area contributed by atoms with Crippen LogP contribution in [0.5, 0.6) is 0 Å². The molecule has 2 atom stereocenters. The van der Waals surface area contributed by atoms with Gasteiger partial charge in [-0.3, -0.25) is 0 Å². The van der Waals surface area contributed by atoms with E-state index in [-0.39, 0.29) is 0 Å². The second-order valence-electron chi connectivity index (χ2n) is 4.49. The molecule has 14 heavy (non-hydrogen) atoms. The summed E-state index contributed by atoms with van der Waals surface area (Å²) < 4.78 is 0. The fraction of sp³-hybridized carbons (Fsp3) is 1.00. The largest absolute Gasteiger partial charge is 0.311 e. The SMILES string of the molecule is CCC(CC)NC1CCCCC1CCl. The Bertz CT molecular complexity index is 145. The van der Waals surface area contributed by atoms with Gasteiger partial charge in [-0.15, -0.1) is 11.6 Å². The molecule has 0 spiro atoms. The van der Waals surface area contributed by atoms with E-state index < -0.39 is 0 Å². The zero-order valence-electron chi connectivity index (χ0n) is 9.56. The molecular formula is C12H24ClN. The monoisotopic (exact) mass is 217 g/mol. The summed E-state index contributed by atoms with van der Waals surface area (Å²) in [5.74, 6) is 1.55. The van der Waals surface area contributed by atoms with Crippen LogP contribution >= 0.6 is 11.6 Å². The van der Waals surface area contributed by atoms with Crippen LogP contribution < -0.4 is 5.32 Å². The van der Waals surface area contributed by atoms with Gasteiger partial charge in [0.05, 0.1) is 0 Å². The third-order valence-corrected chi connectivity index (χ3v) is 3.94. The first kappa shape index (κ1) is 12.3. The summed E-state index contributed by atoms with van der Waals surface area (Å²) in [5, 5.41) is 3.77. The highest BCUT2D eigenvalue weighted by molar-refractivity contribution is 6.18. The summed E-state index contributed by atoms with van der Waals surface area (Å²) in [7, 11) is 0. The maximum absolute atomic E-state index is 6.00. The Morgan fingerprint density at radius 3 is 2.43 bits per heavy atom. The number of hydrogen-bond donors (Lipinski definition) is 1. The van der Waals surface area contributed by atoms with E-state index in [0.29, 0.717) is 18.0 Å². The van der Waals surface area contributed by atoms with Gasteiger partial charge in [0, 0.05) is 18.0 Å². The Hall–Kier alpha value is 0.250. The Morgan fingerprint density at radius 2 is 1.86 bits per heavy atom. The van der Waals surface area contributed by atoms with Gasteiger partial charge in [-0.25, -0.2) is 0 Å². The quantitative estimate of drug-likeness (QED) is 0.695. The number of hydrogen-bond acceptors (Lipinski definition) is 1. The third-order valence-electron chi connectivity index (χ3n) is 3.54. The fourth-order valence-corrected chi connectivity index (χ4v) is 2.81. The molecule has 1 N–H and O–H groups in total. The fourth-order valence-electron chi connectivity index (χ4n) is 2.44. The molecule has 0 aromatic rings. The van der Waals surface area contributed by atoms with Gasteiger partial charge in [0.2, 0.25) is 0 Å². The predicted octanol–water partition coefficient (Wildman–Crippen LogP) is 3.56. The van der Waals surface area contributed by atoms with E-state index in [1.165, 1.54) is 38.5 Å². The van der Waals surface area contributed by atoms with Crippen molar-refractivity contribution in [2.24, 2.45) is 5.92 Å². The first-order chi connectivity index (χ1) is 6.81. The maximum atomic E-state index is 6.00. The molecule has 0 heterocycles. The zero-order valence-corrected chi connectivity index (χ0v) is 10.3. The molecule has 1 rings (SSSR count). The third kappa shape index (κ3) is 3.43. The minimum absolute atomic E-state index is 0.686. The van der Waals surface area contributed by atoms with E-state index in [2.05, 4.69) is 19.2 Å². The Kier molecular flexibility index (Phi) is 5.88. The van der Waals surface area contributed by atoms with E-state index >= 15 is 0 Å². The first-order valence-electron chi connectivity index (χ1n) is 6.13. The lowest BCUT2D eigenvalue weighted by Crippen LogP contribution is -2.44. The predicted molar refractivity (Wildman–Crippen MR) is 64.0 cm³/mol. The van der Waals surface area contributed by atoms with E-state index in [1.54, 1.807) is 0 Å². The summed E-state index contributed by atoms with van der Waals surface area (Å²) in [5.41, 5.74) is 0. The molecule has 1 fully saturated rings. The van der Waals surface area contributed by atoms with Gasteiger partial charge in [0.15, 0.2) is 0 Å². The highest BCUT2D eigenvalue weighted by Gasteiger charge is 2.25. The minimum atomic E-state index is 0.686. The normalized spacial score (nSPS) is 28.3. The highest BCUT2D eigenvalue weighted by Crippen LogP contribution is 2.26. The molecule has 0 saturated heterocycles. The number of halogens is 1. The van der Waals surface area contributed by atoms with Crippen LogP contribution in [-0.4, -0.2) is 18.0 Å². The molecule has 0 bridgehead atoms. The second-order valence-corrected chi connectivity index (χ2v) is 4.79. The summed E-state index contributed by atoms with van der Waals surface area (Å²) in [6.45, 7) is 4.53. The molecule has 0 amide bonds. The van der Waals surface area contributed by atoms with Crippen molar-refractivity contribution in [3.05, 3.63) is 0 Å². The summed E-state index contributed by atoms with van der Waals surface area (Å²) in [4.78, 5) is 0. The van der Waals surface area contributed by atoms with Crippen LogP contribution in [0.15, 0.2) is 0 Å².